The summed E-state index contributed by atoms with van der Waals surface area (Å²) in [7, 11) is 2.11. The summed E-state index contributed by atoms with van der Waals surface area (Å²) in [6.07, 6.45) is 4.53. The Balaban J connectivity index is 2.12. The van der Waals surface area contributed by atoms with Crippen LogP contribution in [0, 0.1) is 0 Å². The van der Waals surface area contributed by atoms with Crippen molar-refractivity contribution in [3.8, 4) is 0 Å². The van der Waals surface area contributed by atoms with E-state index in [0.717, 1.165) is 37.4 Å². The summed E-state index contributed by atoms with van der Waals surface area (Å²) in [5, 5.41) is 0.771. The first-order valence-corrected chi connectivity index (χ1v) is 7.84. The predicted octanol–water partition coefficient (Wildman–Crippen LogP) is 3.24. The van der Waals surface area contributed by atoms with Crippen molar-refractivity contribution < 1.29 is 4.74 Å². The fourth-order valence-electron chi connectivity index (χ4n) is 2.68. The lowest BCUT2D eigenvalue weighted by Crippen LogP contribution is -2.30. The third-order valence-electron chi connectivity index (χ3n) is 3.97. The van der Waals surface area contributed by atoms with Crippen LogP contribution in [0.1, 0.15) is 31.7 Å². The number of halogens is 1. The minimum atomic E-state index is 0.200. The van der Waals surface area contributed by atoms with Gasteiger partial charge in [-0.1, -0.05) is 24.6 Å². The highest BCUT2D eigenvalue weighted by atomic mass is 35.5. The summed E-state index contributed by atoms with van der Waals surface area (Å²) < 4.78 is 5.72. The maximum Gasteiger partial charge on any atom is 0.0750 e. The van der Waals surface area contributed by atoms with E-state index in [0.29, 0.717) is 6.10 Å². The van der Waals surface area contributed by atoms with E-state index in [-0.39, 0.29) is 6.04 Å². The van der Waals surface area contributed by atoms with Crippen LogP contribution in [0.5, 0.6) is 0 Å². The summed E-state index contributed by atoms with van der Waals surface area (Å²) in [5.41, 5.74) is 8.54. The molecular weight excluding hydrogens is 272 g/mol. The van der Waals surface area contributed by atoms with Crippen molar-refractivity contribution in [3.05, 3.63) is 28.8 Å². The third kappa shape index (κ3) is 4.11. The topological polar surface area (TPSA) is 38.5 Å². The highest BCUT2D eigenvalue weighted by molar-refractivity contribution is 6.30. The first kappa shape index (κ1) is 15.6. The first-order valence-electron chi connectivity index (χ1n) is 7.47. The van der Waals surface area contributed by atoms with Gasteiger partial charge in [-0.15, -0.1) is 0 Å². The smallest absolute Gasteiger partial charge is 0.0750 e. The molecule has 1 aromatic rings. The van der Waals surface area contributed by atoms with Crippen LogP contribution in [0.3, 0.4) is 0 Å². The molecule has 0 radical (unpaired) electrons. The lowest BCUT2D eigenvalue weighted by atomic mass is 10.0. The quantitative estimate of drug-likeness (QED) is 0.876. The number of hydrogen-bond donors (Lipinski definition) is 1. The average molecular weight is 297 g/mol. The second-order valence-corrected chi connectivity index (χ2v) is 6.10. The van der Waals surface area contributed by atoms with Gasteiger partial charge in [-0.3, -0.25) is 0 Å². The number of likely N-dealkylation sites (N-methyl/N-ethyl adjacent to an activating group) is 1. The van der Waals surface area contributed by atoms with Gasteiger partial charge in [-0.25, -0.2) is 0 Å². The molecule has 0 spiro atoms. The van der Waals surface area contributed by atoms with Crippen molar-refractivity contribution in [3.63, 3.8) is 0 Å². The van der Waals surface area contributed by atoms with Crippen LogP contribution in [-0.4, -0.2) is 32.3 Å². The van der Waals surface area contributed by atoms with Gasteiger partial charge in [0, 0.05) is 37.0 Å². The van der Waals surface area contributed by atoms with E-state index in [1.165, 1.54) is 17.7 Å². The van der Waals surface area contributed by atoms with Crippen LogP contribution in [0.25, 0.3) is 0 Å². The lowest BCUT2D eigenvalue weighted by molar-refractivity contribution is 0.116. The zero-order valence-electron chi connectivity index (χ0n) is 12.4. The summed E-state index contributed by atoms with van der Waals surface area (Å²) >= 11 is 6.16. The van der Waals surface area contributed by atoms with Gasteiger partial charge in [0.1, 0.15) is 0 Å². The molecule has 2 atom stereocenters. The van der Waals surface area contributed by atoms with Gasteiger partial charge in [-0.2, -0.15) is 0 Å². The molecule has 0 bridgehead atoms. The Morgan fingerprint density at radius 1 is 1.50 bits per heavy atom. The van der Waals surface area contributed by atoms with Crippen molar-refractivity contribution in [2.75, 3.05) is 25.1 Å². The summed E-state index contributed by atoms with van der Waals surface area (Å²) in [4.78, 5) is 2.25. The number of benzene rings is 1. The van der Waals surface area contributed by atoms with Crippen LogP contribution < -0.4 is 10.6 Å². The number of ether oxygens (including phenoxy) is 1. The SMILES string of the molecule is CCC(N)Cc1ccc(Cl)cc1N(C)CC1CCCO1. The molecule has 1 heterocycles. The molecule has 2 N–H and O–H groups in total. The molecule has 0 aromatic heterocycles. The Morgan fingerprint density at radius 3 is 2.95 bits per heavy atom. The van der Waals surface area contributed by atoms with E-state index in [9.17, 15) is 0 Å². The predicted molar refractivity (Wildman–Crippen MR) is 85.7 cm³/mol. The molecule has 20 heavy (non-hydrogen) atoms. The normalized spacial score (nSPS) is 20.1. The molecule has 0 saturated carbocycles. The summed E-state index contributed by atoms with van der Waals surface area (Å²) in [6, 6.07) is 6.28. The van der Waals surface area contributed by atoms with Crippen LogP contribution >= 0.6 is 11.6 Å². The molecule has 3 nitrogen and oxygen atoms in total. The third-order valence-corrected chi connectivity index (χ3v) is 4.20. The Hall–Kier alpha value is -0.770. The Labute approximate surface area is 127 Å². The molecule has 2 unspecified atom stereocenters. The Kier molecular flexibility index (Phi) is 5.70. The van der Waals surface area contributed by atoms with Gasteiger partial charge in [-0.05, 0) is 43.4 Å². The number of nitrogens with two attached hydrogens (primary N) is 1. The standard InChI is InChI=1S/C16H25ClN2O/c1-3-14(18)9-12-6-7-13(17)10-16(12)19(2)11-15-5-4-8-20-15/h6-7,10,14-15H,3-5,8-9,11,18H2,1-2H3. The van der Waals surface area contributed by atoms with E-state index in [4.69, 9.17) is 22.1 Å². The molecule has 4 heteroatoms. The van der Waals surface area contributed by atoms with Gasteiger partial charge >= 0.3 is 0 Å². The lowest BCUT2D eigenvalue weighted by Gasteiger charge is -2.26. The van der Waals surface area contributed by atoms with Gasteiger partial charge in [0.25, 0.3) is 0 Å². The van der Waals surface area contributed by atoms with Crippen LogP contribution in [0.15, 0.2) is 18.2 Å². The van der Waals surface area contributed by atoms with E-state index >= 15 is 0 Å². The largest absolute Gasteiger partial charge is 0.376 e. The average Bonchev–Trinajstić information content (AvgIpc) is 2.93. The van der Waals surface area contributed by atoms with E-state index in [1.807, 2.05) is 12.1 Å². The van der Waals surface area contributed by atoms with Crippen molar-refractivity contribution in [2.24, 2.45) is 5.73 Å². The highest BCUT2D eigenvalue weighted by Crippen LogP contribution is 2.27. The zero-order valence-corrected chi connectivity index (χ0v) is 13.2. The summed E-state index contributed by atoms with van der Waals surface area (Å²) in [5.74, 6) is 0. The fourth-order valence-corrected chi connectivity index (χ4v) is 2.85. The van der Waals surface area contributed by atoms with Crippen molar-refractivity contribution >= 4 is 17.3 Å². The highest BCUT2D eigenvalue weighted by Gasteiger charge is 2.19. The number of hydrogen-bond acceptors (Lipinski definition) is 3. The molecule has 1 aromatic carbocycles. The van der Waals surface area contributed by atoms with Crippen LogP contribution in [0.4, 0.5) is 5.69 Å². The first-order chi connectivity index (χ1) is 9.60. The van der Waals surface area contributed by atoms with Gasteiger partial charge < -0.3 is 15.4 Å². The number of nitrogens with zero attached hydrogens (tertiary/aromatic N) is 1. The van der Waals surface area contributed by atoms with Gasteiger partial charge in [0.2, 0.25) is 0 Å². The van der Waals surface area contributed by atoms with E-state index in [1.54, 1.807) is 0 Å². The minimum absolute atomic E-state index is 0.200. The molecule has 1 aliphatic rings. The maximum absolute atomic E-state index is 6.16. The number of rotatable bonds is 6. The second-order valence-electron chi connectivity index (χ2n) is 5.66. The monoisotopic (exact) mass is 296 g/mol. The van der Waals surface area contributed by atoms with Crippen molar-refractivity contribution in [1.29, 1.82) is 0 Å². The fraction of sp³-hybridized carbons (Fsp3) is 0.625. The van der Waals surface area contributed by atoms with E-state index in [2.05, 4.69) is 24.9 Å². The Bertz CT molecular complexity index is 432. The molecule has 112 valence electrons. The van der Waals surface area contributed by atoms with Crippen molar-refractivity contribution in [1.82, 2.24) is 0 Å². The van der Waals surface area contributed by atoms with E-state index < -0.39 is 0 Å². The maximum atomic E-state index is 6.16. The van der Waals surface area contributed by atoms with Crippen LogP contribution in [-0.2, 0) is 11.2 Å². The van der Waals surface area contributed by atoms with Crippen molar-refractivity contribution in [2.45, 2.75) is 44.8 Å². The summed E-state index contributed by atoms with van der Waals surface area (Å²) in [6.45, 7) is 3.92. The van der Waals surface area contributed by atoms with Gasteiger partial charge in [0.05, 0.1) is 6.10 Å². The number of anilines is 1. The molecule has 0 aliphatic carbocycles. The van der Waals surface area contributed by atoms with Crippen LogP contribution in [0.2, 0.25) is 5.02 Å². The molecule has 1 aliphatic heterocycles. The van der Waals surface area contributed by atoms with Gasteiger partial charge in [0.15, 0.2) is 0 Å². The molecule has 1 fully saturated rings. The molecule has 2 rings (SSSR count). The molecular formula is C16H25ClN2O. The minimum Gasteiger partial charge on any atom is -0.376 e. The Morgan fingerprint density at radius 2 is 2.30 bits per heavy atom. The molecule has 0 amide bonds. The zero-order chi connectivity index (χ0) is 14.5. The second kappa shape index (κ2) is 7.30. The molecule has 1 saturated heterocycles.